The summed E-state index contributed by atoms with van der Waals surface area (Å²) in [6.07, 6.45) is -0.282. The van der Waals surface area contributed by atoms with Crippen LogP contribution in [-0.2, 0) is 28.4 Å². The third kappa shape index (κ3) is 5.25. The lowest BCUT2D eigenvalue weighted by Gasteiger charge is -2.09. The van der Waals surface area contributed by atoms with Crippen molar-refractivity contribution >= 4 is 17.9 Å². The molecule has 3 unspecified atom stereocenters. The number of ether oxygens (including phenoxy) is 6. The average Bonchev–Trinajstić information content (AvgIpc) is 3.54. The van der Waals surface area contributed by atoms with Gasteiger partial charge in [-0.3, -0.25) is 0 Å². The molecule has 0 aliphatic carbocycles. The Balaban J connectivity index is 1.48. The Morgan fingerprint density at radius 2 is 0.926 bits per heavy atom. The second kappa shape index (κ2) is 7.63. The van der Waals surface area contributed by atoms with Gasteiger partial charge in [0.25, 0.3) is 0 Å². The summed E-state index contributed by atoms with van der Waals surface area (Å²) in [6, 6.07) is 3.98. The van der Waals surface area contributed by atoms with E-state index < -0.39 is 17.9 Å². The molecule has 4 rings (SSSR count). The summed E-state index contributed by atoms with van der Waals surface area (Å²) in [5.74, 6) is -1.99. The number of rotatable bonds is 9. The van der Waals surface area contributed by atoms with Gasteiger partial charge in [-0.05, 0) is 18.2 Å². The molecule has 0 radical (unpaired) electrons. The molecule has 3 aliphatic rings. The highest BCUT2D eigenvalue weighted by molar-refractivity contribution is 6.00. The van der Waals surface area contributed by atoms with Crippen LogP contribution < -0.4 is 0 Å². The highest BCUT2D eigenvalue weighted by atomic mass is 16.6. The van der Waals surface area contributed by atoms with E-state index in [-0.39, 0.29) is 54.8 Å². The van der Waals surface area contributed by atoms with Gasteiger partial charge in [-0.25, -0.2) is 14.4 Å². The molecule has 3 aliphatic heterocycles. The van der Waals surface area contributed by atoms with Gasteiger partial charge in [0.05, 0.1) is 36.5 Å². The molecule has 0 N–H and O–H groups in total. The molecule has 1 aromatic carbocycles. The SMILES string of the molecule is O=C(OCC1CO1)c1cc(C(=O)OCC2CO2)cc(C(=O)OCC2CO2)c1. The Labute approximate surface area is 154 Å². The quantitative estimate of drug-likeness (QED) is 0.341. The Kier molecular flexibility index (Phi) is 5.06. The van der Waals surface area contributed by atoms with Crippen LogP contribution in [0.2, 0.25) is 0 Å². The van der Waals surface area contributed by atoms with Crippen LogP contribution >= 0.6 is 0 Å². The van der Waals surface area contributed by atoms with Crippen molar-refractivity contribution in [2.45, 2.75) is 18.3 Å². The molecule has 1 aromatic rings. The number of carbonyl (C=O) groups excluding carboxylic acids is 3. The highest BCUT2D eigenvalue weighted by Gasteiger charge is 2.28. The van der Waals surface area contributed by atoms with Gasteiger partial charge in [0, 0.05) is 0 Å². The zero-order chi connectivity index (χ0) is 18.8. The molecule has 9 nitrogen and oxygen atoms in total. The number of esters is 3. The van der Waals surface area contributed by atoms with E-state index in [4.69, 9.17) is 28.4 Å². The molecule has 0 saturated carbocycles. The van der Waals surface area contributed by atoms with Crippen molar-refractivity contribution in [3.05, 3.63) is 34.9 Å². The minimum atomic E-state index is -0.662. The lowest BCUT2D eigenvalue weighted by Crippen LogP contribution is -2.16. The van der Waals surface area contributed by atoms with Crippen LogP contribution in [0.15, 0.2) is 18.2 Å². The summed E-state index contributed by atoms with van der Waals surface area (Å²) >= 11 is 0. The molecule has 3 fully saturated rings. The van der Waals surface area contributed by atoms with Gasteiger partial charge < -0.3 is 28.4 Å². The van der Waals surface area contributed by atoms with Gasteiger partial charge in [0.2, 0.25) is 0 Å². The van der Waals surface area contributed by atoms with Crippen molar-refractivity contribution in [2.24, 2.45) is 0 Å². The Bertz CT molecular complexity index is 635. The smallest absolute Gasteiger partial charge is 0.338 e. The van der Waals surface area contributed by atoms with Crippen LogP contribution in [0.5, 0.6) is 0 Å². The van der Waals surface area contributed by atoms with Gasteiger partial charge >= 0.3 is 17.9 Å². The molecule has 27 heavy (non-hydrogen) atoms. The zero-order valence-corrected chi connectivity index (χ0v) is 14.4. The van der Waals surface area contributed by atoms with E-state index in [0.29, 0.717) is 19.8 Å². The molecule has 3 saturated heterocycles. The van der Waals surface area contributed by atoms with E-state index in [1.807, 2.05) is 0 Å². The first-order chi connectivity index (χ1) is 13.1. The van der Waals surface area contributed by atoms with Crippen LogP contribution in [0.3, 0.4) is 0 Å². The highest BCUT2D eigenvalue weighted by Crippen LogP contribution is 2.18. The first-order valence-electron chi connectivity index (χ1n) is 8.60. The molecule has 3 heterocycles. The number of epoxide rings is 3. The lowest BCUT2D eigenvalue weighted by atomic mass is 10.1. The van der Waals surface area contributed by atoms with Gasteiger partial charge in [-0.2, -0.15) is 0 Å². The third-order valence-electron chi connectivity index (χ3n) is 4.05. The Morgan fingerprint density at radius 1 is 0.667 bits per heavy atom. The molecular formula is C18H18O9. The van der Waals surface area contributed by atoms with E-state index in [9.17, 15) is 14.4 Å². The zero-order valence-electron chi connectivity index (χ0n) is 14.4. The van der Waals surface area contributed by atoms with Crippen LogP contribution in [0.25, 0.3) is 0 Å². The maximum atomic E-state index is 12.3. The molecule has 9 heteroatoms. The monoisotopic (exact) mass is 378 g/mol. The predicted octanol–water partition coefficient (Wildman–Crippen LogP) is 0.353. The molecule has 3 atom stereocenters. The van der Waals surface area contributed by atoms with Crippen molar-refractivity contribution in [3.63, 3.8) is 0 Å². The van der Waals surface area contributed by atoms with E-state index in [1.54, 1.807) is 0 Å². The van der Waals surface area contributed by atoms with Crippen LogP contribution in [0, 0.1) is 0 Å². The van der Waals surface area contributed by atoms with Crippen molar-refractivity contribution in [1.29, 1.82) is 0 Å². The van der Waals surface area contributed by atoms with Crippen LogP contribution in [0.4, 0.5) is 0 Å². The fraction of sp³-hybridized carbons (Fsp3) is 0.500. The van der Waals surface area contributed by atoms with Crippen molar-refractivity contribution in [1.82, 2.24) is 0 Å². The minimum Gasteiger partial charge on any atom is -0.459 e. The fourth-order valence-corrected chi connectivity index (χ4v) is 2.23. The molecular weight excluding hydrogens is 360 g/mol. The molecule has 0 bridgehead atoms. The number of carbonyl (C=O) groups is 3. The maximum absolute atomic E-state index is 12.3. The number of benzene rings is 1. The first kappa shape index (κ1) is 17.9. The van der Waals surface area contributed by atoms with Crippen molar-refractivity contribution in [2.75, 3.05) is 39.6 Å². The summed E-state index contributed by atoms with van der Waals surface area (Å²) in [7, 11) is 0. The van der Waals surface area contributed by atoms with Gasteiger partial charge in [-0.15, -0.1) is 0 Å². The fourth-order valence-electron chi connectivity index (χ4n) is 2.23. The standard InChI is InChI=1S/C18H18O9/c19-16(25-7-13-4-22-13)10-1-11(17(20)26-8-14-5-23-14)3-12(2-10)18(21)27-9-15-6-24-15/h1-3,13-15H,4-9H2. The lowest BCUT2D eigenvalue weighted by molar-refractivity contribution is 0.0471. The number of hydrogen-bond acceptors (Lipinski definition) is 9. The van der Waals surface area contributed by atoms with Crippen LogP contribution in [0.1, 0.15) is 31.1 Å². The normalized spacial score (nSPS) is 24.7. The average molecular weight is 378 g/mol. The van der Waals surface area contributed by atoms with E-state index in [1.165, 1.54) is 18.2 Å². The molecule has 0 amide bonds. The Hall–Kier alpha value is -2.49. The first-order valence-corrected chi connectivity index (χ1v) is 8.60. The summed E-state index contributed by atoms with van der Waals surface area (Å²) < 4.78 is 30.4. The van der Waals surface area contributed by atoms with Gasteiger partial charge in [-0.1, -0.05) is 0 Å². The second-order valence-electron chi connectivity index (χ2n) is 6.46. The topological polar surface area (TPSA) is 116 Å². The summed E-state index contributed by atoms with van der Waals surface area (Å²) in [5.41, 5.74) is 0.173. The molecule has 0 aromatic heterocycles. The number of hydrogen-bond donors (Lipinski definition) is 0. The third-order valence-corrected chi connectivity index (χ3v) is 4.05. The molecule has 0 spiro atoms. The minimum absolute atomic E-state index is 0.0578. The summed E-state index contributed by atoms with van der Waals surface area (Å²) in [4.78, 5) is 36.8. The summed E-state index contributed by atoms with van der Waals surface area (Å²) in [6.45, 7) is 1.99. The van der Waals surface area contributed by atoms with Gasteiger partial charge in [0.15, 0.2) is 0 Å². The summed E-state index contributed by atoms with van der Waals surface area (Å²) in [5, 5.41) is 0. The van der Waals surface area contributed by atoms with E-state index >= 15 is 0 Å². The van der Waals surface area contributed by atoms with Crippen molar-refractivity contribution < 1.29 is 42.8 Å². The Morgan fingerprint density at radius 3 is 1.15 bits per heavy atom. The second-order valence-corrected chi connectivity index (χ2v) is 6.46. The van der Waals surface area contributed by atoms with Crippen molar-refractivity contribution in [3.8, 4) is 0 Å². The van der Waals surface area contributed by atoms with E-state index in [2.05, 4.69) is 0 Å². The largest absolute Gasteiger partial charge is 0.459 e. The van der Waals surface area contributed by atoms with E-state index in [0.717, 1.165) is 0 Å². The van der Waals surface area contributed by atoms with Crippen LogP contribution in [-0.4, -0.2) is 75.9 Å². The predicted molar refractivity (Wildman–Crippen MR) is 86.5 cm³/mol. The van der Waals surface area contributed by atoms with Gasteiger partial charge in [0.1, 0.15) is 38.1 Å². The molecule has 144 valence electrons. The maximum Gasteiger partial charge on any atom is 0.338 e.